The fourth-order valence-electron chi connectivity index (χ4n) is 3.58. The number of nitrogens with one attached hydrogen (secondary N) is 1. The quantitative estimate of drug-likeness (QED) is 0.742. The highest BCUT2D eigenvalue weighted by atomic mass is 16.4. The monoisotopic (exact) mass is 268 g/mol. The van der Waals surface area contributed by atoms with Crippen molar-refractivity contribution in [2.45, 2.75) is 63.5 Å². The molecular weight excluding hydrogens is 240 g/mol. The molecule has 0 bridgehead atoms. The van der Waals surface area contributed by atoms with Gasteiger partial charge in [0.1, 0.15) is 5.54 Å². The van der Waals surface area contributed by atoms with E-state index in [0.29, 0.717) is 18.5 Å². The summed E-state index contributed by atoms with van der Waals surface area (Å²) in [5.74, 6) is -0.351. The van der Waals surface area contributed by atoms with Gasteiger partial charge in [0.2, 0.25) is 0 Å². The molecule has 2 aliphatic rings. The Kier molecular flexibility index (Phi) is 4.85. The fourth-order valence-corrected chi connectivity index (χ4v) is 3.58. The second-order valence-electron chi connectivity index (χ2n) is 6.29. The first kappa shape index (κ1) is 14.8. The fraction of sp³-hybridized carbons (Fsp3) is 0.933. The van der Waals surface area contributed by atoms with Crippen LogP contribution < -0.4 is 5.32 Å². The first-order valence-corrected chi connectivity index (χ1v) is 7.79. The van der Waals surface area contributed by atoms with Crippen LogP contribution in [0, 0.1) is 5.92 Å². The maximum absolute atomic E-state index is 11.8. The number of carboxylic acid groups (broad SMARTS) is 1. The van der Waals surface area contributed by atoms with Gasteiger partial charge in [0.15, 0.2) is 0 Å². The molecule has 4 heteroatoms. The minimum absolute atomic E-state index is 0.316. The Morgan fingerprint density at radius 2 is 1.89 bits per heavy atom. The van der Waals surface area contributed by atoms with E-state index in [1.165, 1.54) is 32.1 Å². The Bertz CT molecular complexity index is 311. The number of hydrogen-bond acceptors (Lipinski definition) is 3. The number of hydrogen-bond donors (Lipinski definition) is 2. The van der Waals surface area contributed by atoms with Gasteiger partial charge in [0, 0.05) is 12.6 Å². The van der Waals surface area contributed by atoms with Gasteiger partial charge in [-0.3, -0.25) is 4.79 Å². The van der Waals surface area contributed by atoms with Crippen molar-refractivity contribution in [3.05, 3.63) is 0 Å². The molecule has 0 aromatic carbocycles. The van der Waals surface area contributed by atoms with Crippen LogP contribution in [0.4, 0.5) is 0 Å². The molecule has 0 aromatic heterocycles. The summed E-state index contributed by atoms with van der Waals surface area (Å²) in [4.78, 5) is 14.1. The summed E-state index contributed by atoms with van der Waals surface area (Å²) < 4.78 is 0. The lowest BCUT2D eigenvalue weighted by Gasteiger charge is -2.39. The molecule has 0 aromatic rings. The molecule has 1 unspecified atom stereocenters. The predicted octanol–water partition coefficient (Wildman–Crippen LogP) is 2.09. The van der Waals surface area contributed by atoms with Crippen molar-refractivity contribution in [2.24, 2.45) is 5.92 Å². The van der Waals surface area contributed by atoms with E-state index < -0.39 is 11.5 Å². The zero-order valence-corrected chi connectivity index (χ0v) is 12.3. The molecule has 2 rings (SSSR count). The van der Waals surface area contributed by atoms with E-state index in [-0.39, 0.29) is 0 Å². The van der Waals surface area contributed by atoms with Crippen LogP contribution in [0.15, 0.2) is 0 Å². The minimum Gasteiger partial charge on any atom is -0.480 e. The molecule has 19 heavy (non-hydrogen) atoms. The van der Waals surface area contributed by atoms with Gasteiger partial charge in [-0.15, -0.1) is 0 Å². The second kappa shape index (κ2) is 6.23. The summed E-state index contributed by atoms with van der Waals surface area (Å²) >= 11 is 0. The Hall–Kier alpha value is -0.610. The van der Waals surface area contributed by atoms with E-state index >= 15 is 0 Å². The van der Waals surface area contributed by atoms with Crippen molar-refractivity contribution in [3.63, 3.8) is 0 Å². The average Bonchev–Trinajstić information content (AvgIpc) is 3.23. The molecule has 0 radical (unpaired) electrons. The summed E-state index contributed by atoms with van der Waals surface area (Å²) in [5, 5.41) is 13.0. The largest absolute Gasteiger partial charge is 0.480 e. The molecule has 2 fully saturated rings. The lowest BCUT2D eigenvalue weighted by molar-refractivity contribution is -0.147. The Morgan fingerprint density at radius 1 is 1.26 bits per heavy atom. The number of aliphatic carboxylic acids is 1. The van der Waals surface area contributed by atoms with Crippen molar-refractivity contribution in [1.29, 1.82) is 0 Å². The van der Waals surface area contributed by atoms with Crippen LogP contribution in [0.3, 0.4) is 0 Å². The van der Waals surface area contributed by atoms with Crippen LogP contribution >= 0.6 is 0 Å². The molecule has 2 aliphatic carbocycles. The van der Waals surface area contributed by atoms with Gasteiger partial charge in [0.25, 0.3) is 0 Å². The maximum Gasteiger partial charge on any atom is 0.325 e. The zero-order valence-electron chi connectivity index (χ0n) is 12.3. The highest BCUT2D eigenvalue weighted by Gasteiger charge is 2.51. The van der Waals surface area contributed by atoms with Gasteiger partial charge >= 0.3 is 5.97 Å². The molecule has 0 saturated heterocycles. The van der Waals surface area contributed by atoms with E-state index in [9.17, 15) is 9.90 Å². The third-order valence-electron chi connectivity index (χ3n) is 4.84. The van der Waals surface area contributed by atoms with Crippen molar-refractivity contribution < 1.29 is 9.90 Å². The van der Waals surface area contributed by atoms with Gasteiger partial charge < -0.3 is 15.3 Å². The third-order valence-corrected chi connectivity index (χ3v) is 4.84. The van der Waals surface area contributed by atoms with Gasteiger partial charge in [-0.25, -0.2) is 0 Å². The molecule has 0 amide bonds. The second-order valence-corrected chi connectivity index (χ2v) is 6.29. The standard InChI is InChI=1S/C15H28N2O2/c1-3-16-15(14(18)19,12-9-10-12)11-17(2)13-7-5-4-6-8-13/h12-13,16H,3-11H2,1-2H3,(H,18,19). The number of likely N-dealkylation sites (N-methyl/N-ethyl adjacent to an activating group) is 2. The number of rotatable bonds is 7. The lowest BCUT2D eigenvalue weighted by Crippen LogP contribution is -2.61. The van der Waals surface area contributed by atoms with Crippen molar-refractivity contribution in [2.75, 3.05) is 20.1 Å². The van der Waals surface area contributed by atoms with Crippen LogP contribution in [-0.2, 0) is 4.79 Å². The minimum atomic E-state index is -0.721. The first-order chi connectivity index (χ1) is 9.10. The van der Waals surface area contributed by atoms with E-state index in [2.05, 4.69) is 17.3 Å². The normalized spacial score (nSPS) is 24.4. The van der Waals surface area contributed by atoms with Crippen LogP contribution in [0.2, 0.25) is 0 Å². The van der Waals surface area contributed by atoms with Crippen LogP contribution in [0.1, 0.15) is 51.9 Å². The van der Waals surface area contributed by atoms with Gasteiger partial charge in [-0.05, 0) is 45.2 Å². The molecule has 1 atom stereocenters. The van der Waals surface area contributed by atoms with E-state index in [1.54, 1.807) is 0 Å². The lowest BCUT2D eigenvalue weighted by atomic mass is 9.89. The topological polar surface area (TPSA) is 52.6 Å². The van der Waals surface area contributed by atoms with Crippen LogP contribution in [0.5, 0.6) is 0 Å². The molecule has 110 valence electrons. The van der Waals surface area contributed by atoms with Crippen molar-refractivity contribution in [3.8, 4) is 0 Å². The summed E-state index contributed by atoms with van der Waals surface area (Å²) in [6.07, 6.45) is 8.48. The average molecular weight is 268 g/mol. The molecule has 4 nitrogen and oxygen atoms in total. The Balaban J connectivity index is 2.03. The molecule has 2 saturated carbocycles. The molecule has 0 spiro atoms. The summed E-state index contributed by atoms with van der Waals surface area (Å²) in [6, 6.07) is 0.574. The maximum atomic E-state index is 11.8. The number of carboxylic acids is 1. The van der Waals surface area contributed by atoms with Gasteiger partial charge in [-0.2, -0.15) is 0 Å². The van der Waals surface area contributed by atoms with Gasteiger partial charge in [0.05, 0.1) is 0 Å². The highest BCUT2D eigenvalue weighted by molar-refractivity contribution is 5.80. The molecular formula is C15H28N2O2. The smallest absolute Gasteiger partial charge is 0.325 e. The van der Waals surface area contributed by atoms with Gasteiger partial charge in [-0.1, -0.05) is 26.2 Å². The number of carbonyl (C=O) groups is 1. The summed E-state index contributed by atoms with van der Waals surface area (Å²) in [6.45, 7) is 3.37. The zero-order chi connectivity index (χ0) is 13.9. The third kappa shape index (κ3) is 3.29. The summed E-state index contributed by atoms with van der Waals surface area (Å²) in [7, 11) is 2.10. The first-order valence-electron chi connectivity index (χ1n) is 7.79. The van der Waals surface area contributed by atoms with Crippen molar-refractivity contribution in [1.82, 2.24) is 10.2 Å². The summed E-state index contributed by atoms with van der Waals surface area (Å²) in [5.41, 5.74) is -0.721. The van der Waals surface area contributed by atoms with E-state index in [0.717, 1.165) is 19.4 Å². The predicted molar refractivity (Wildman–Crippen MR) is 76.3 cm³/mol. The van der Waals surface area contributed by atoms with Crippen LogP contribution in [-0.4, -0.2) is 47.7 Å². The van der Waals surface area contributed by atoms with E-state index in [1.807, 2.05) is 6.92 Å². The Labute approximate surface area is 116 Å². The van der Waals surface area contributed by atoms with Crippen molar-refractivity contribution >= 4 is 5.97 Å². The Morgan fingerprint density at radius 3 is 2.37 bits per heavy atom. The molecule has 0 heterocycles. The van der Waals surface area contributed by atoms with E-state index in [4.69, 9.17) is 0 Å². The number of nitrogens with zero attached hydrogens (tertiary/aromatic N) is 1. The SMILES string of the molecule is CCNC(CN(C)C1CCCCC1)(C(=O)O)C1CC1. The van der Waals surface area contributed by atoms with Crippen LogP contribution in [0.25, 0.3) is 0 Å². The molecule has 2 N–H and O–H groups in total. The molecule has 0 aliphatic heterocycles. The highest BCUT2D eigenvalue weighted by Crippen LogP contribution is 2.41.